The summed E-state index contributed by atoms with van der Waals surface area (Å²) in [5, 5.41) is 19.9. The number of ether oxygens (including phenoxy) is 1. The minimum Gasteiger partial charge on any atom is -0.484 e. The molecule has 9 nitrogen and oxygen atoms in total. The SMILES string of the molecule is Cc1ccc(-n2nc(C(C)(C)C)cc2NC(=O)N[C@H]2CC[C@@H](Oc3ccc4nnc(C(C)(C)C)n4c3)c3ccccc32)cc1. The number of carbonyl (C=O) groups is 1. The van der Waals surface area contributed by atoms with Crippen LogP contribution in [0.2, 0.25) is 0 Å². The molecule has 0 saturated heterocycles. The van der Waals surface area contributed by atoms with E-state index in [0.29, 0.717) is 5.82 Å². The molecule has 228 valence electrons. The molecule has 6 rings (SSSR count). The molecule has 3 aromatic heterocycles. The van der Waals surface area contributed by atoms with Gasteiger partial charge in [0.2, 0.25) is 0 Å². The van der Waals surface area contributed by atoms with Crippen LogP contribution in [0.4, 0.5) is 10.6 Å². The van der Waals surface area contributed by atoms with Crippen molar-refractivity contribution in [3.63, 3.8) is 0 Å². The van der Waals surface area contributed by atoms with Crippen LogP contribution in [0, 0.1) is 6.92 Å². The number of benzene rings is 2. The summed E-state index contributed by atoms with van der Waals surface area (Å²) in [6.45, 7) is 14.8. The first-order valence-corrected chi connectivity index (χ1v) is 15.2. The Bertz CT molecular complexity index is 1810. The second-order valence-electron chi connectivity index (χ2n) is 13.7. The van der Waals surface area contributed by atoms with E-state index in [1.807, 2.05) is 65.2 Å². The minimum absolute atomic E-state index is 0.142. The average Bonchev–Trinajstić information content (AvgIpc) is 3.59. The maximum absolute atomic E-state index is 13.5. The van der Waals surface area contributed by atoms with Gasteiger partial charge < -0.3 is 10.1 Å². The predicted molar refractivity (Wildman–Crippen MR) is 173 cm³/mol. The van der Waals surface area contributed by atoms with Gasteiger partial charge in [0.1, 0.15) is 23.5 Å². The lowest BCUT2D eigenvalue weighted by atomic mass is 9.85. The summed E-state index contributed by atoms with van der Waals surface area (Å²) in [7, 11) is 0. The zero-order valence-electron chi connectivity index (χ0n) is 26.5. The third-order valence-electron chi connectivity index (χ3n) is 8.06. The highest BCUT2D eigenvalue weighted by atomic mass is 16.5. The third kappa shape index (κ3) is 5.91. The van der Waals surface area contributed by atoms with Crippen molar-refractivity contribution in [2.75, 3.05) is 5.32 Å². The first-order chi connectivity index (χ1) is 20.9. The number of urea groups is 1. The standard InChI is InChI=1S/C35H41N7O2/c1-22-12-14-23(15-13-22)42-31(20-29(40-42)34(2,3)4)37-33(43)36-27-17-18-28(26-11-9-8-10-25(26)27)44-24-16-19-30-38-39-32(35(5,6)7)41(30)21-24/h8-16,19-21,27-28H,17-18H2,1-7H3,(H2,36,37,43)/t27-,28+/m0/s1. The Morgan fingerprint density at radius 2 is 1.61 bits per heavy atom. The highest BCUT2D eigenvalue weighted by Crippen LogP contribution is 2.39. The molecule has 0 spiro atoms. The molecule has 1 aliphatic carbocycles. The van der Waals surface area contributed by atoms with Crippen LogP contribution in [0.3, 0.4) is 0 Å². The molecule has 0 radical (unpaired) electrons. The molecule has 0 saturated carbocycles. The molecule has 44 heavy (non-hydrogen) atoms. The number of carbonyl (C=O) groups excluding carboxylic acids is 1. The third-order valence-corrected chi connectivity index (χ3v) is 8.06. The van der Waals surface area contributed by atoms with E-state index >= 15 is 0 Å². The number of anilines is 1. The zero-order valence-corrected chi connectivity index (χ0v) is 26.5. The van der Waals surface area contributed by atoms with Crippen LogP contribution in [0.15, 0.2) is 72.9 Å². The summed E-state index contributed by atoms with van der Waals surface area (Å²) in [5.41, 5.74) is 5.55. The fraction of sp³-hybridized carbons (Fsp3) is 0.371. The molecule has 2 aromatic carbocycles. The van der Waals surface area contributed by atoms with Gasteiger partial charge in [-0.05, 0) is 55.2 Å². The van der Waals surface area contributed by atoms with Crippen LogP contribution in [0.5, 0.6) is 5.75 Å². The highest BCUT2D eigenvalue weighted by molar-refractivity contribution is 5.89. The fourth-order valence-corrected chi connectivity index (χ4v) is 5.67. The molecule has 3 heterocycles. The van der Waals surface area contributed by atoms with Crippen LogP contribution in [0.1, 0.15) is 94.7 Å². The molecule has 2 atom stereocenters. The normalized spacial score (nSPS) is 16.9. The first kappa shape index (κ1) is 29.4. The quantitative estimate of drug-likeness (QED) is 0.219. The summed E-state index contributed by atoms with van der Waals surface area (Å²) in [6, 6.07) is 21.7. The van der Waals surface area contributed by atoms with Crippen LogP contribution >= 0.6 is 0 Å². The topological polar surface area (TPSA) is 98.4 Å². The largest absolute Gasteiger partial charge is 0.484 e. The molecule has 0 bridgehead atoms. The van der Waals surface area contributed by atoms with Crippen LogP contribution < -0.4 is 15.4 Å². The lowest BCUT2D eigenvalue weighted by molar-refractivity contribution is 0.171. The molecule has 0 fully saturated rings. The molecule has 9 heteroatoms. The number of nitrogens with one attached hydrogen (secondary N) is 2. The van der Waals surface area contributed by atoms with Crippen molar-refractivity contribution in [3.8, 4) is 11.4 Å². The van der Waals surface area contributed by atoms with Crippen LogP contribution in [-0.4, -0.2) is 30.4 Å². The minimum atomic E-state index is -0.273. The van der Waals surface area contributed by atoms with Crippen LogP contribution in [0.25, 0.3) is 11.3 Å². The van der Waals surface area contributed by atoms with Crippen molar-refractivity contribution in [2.45, 2.75) is 84.3 Å². The number of hydrogen-bond donors (Lipinski definition) is 2. The lowest BCUT2D eigenvalue weighted by Crippen LogP contribution is -2.36. The Labute approximate surface area is 258 Å². The Kier molecular flexibility index (Phi) is 7.43. The summed E-state index contributed by atoms with van der Waals surface area (Å²) in [6.07, 6.45) is 3.32. The van der Waals surface area contributed by atoms with Gasteiger partial charge in [-0.3, -0.25) is 9.72 Å². The van der Waals surface area contributed by atoms with Crippen molar-refractivity contribution < 1.29 is 9.53 Å². The van der Waals surface area contributed by atoms with E-state index in [2.05, 4.69) is 81.4 Å². The van der Waals surface area contributed by atoms with Gasteiger partial charge in [0.05, 0.1) is 23.6 Å². The summed E-state index contributed by atoms with van der Waals surface area (Å²) < 4.78 is 10.4. The molecule has 2 amide bonds. The molecule has 2 N–H and O–H groups in total. The summed E-state index contributed by atoms with van der Waals surface area (Å²) in [5.74, 6) is 2.27. The first-order valence-electron chi connectivity index (χ1n) is 15.2. The van der Waals surface area contributed by atoms with Gasteiger partial charge >= 0.3 is 6.03 Å². The van der Waals surface area contributed by atoms with Gasteiger partial charge in [0.25, 0.3) is 0 Å². The monoisotopic (exact) mass is 591 g/mol. The average molecular weight is 592 g/mol. The number of amides is 2. The van der Waals surface area contributed by atoms with Gasteiger partial charge in [-0.1, -0.05) is 83.5 Å². The molecule has 5 aromatic rings. The van der Waals surface area contributed by atoms with E-state index in [4.69, 9.17) is 9.84 Å². The van der Waals surface area contributed by atoms with Gasteiger partial charge in [-0.2, -0.15) is 5.10 Å². The second kappa shape index (κ2) is 11.1. The number of aromatic nitrogens is 5. The Morgan fingerprint density at radius 1 is 0.886 bits per heavy atom. The zero-order chi connectivity index (χ0) is 31.2. The maximum Gasteiger partial charge on any atom is 0.320 e. The second-order valence-corrected chi connectivity index (χ2v) is 13.7. The number of hydrogen-bond acceptors (Lipinski definition) is 5. The Hall–Kier alpha value is -4.66. The van der Waals surface area contributed by atoms with Gasteiger partial charge in [-0.25, -0.2) is 9.48 Å². The summed E-state index contributed by atoms with van der Waals surface area (Å²) in [4.78, 5) is 13.5. The smallest absolute Gasteiger partial charge is 0.320 e. The molecule has 0 unspecified atom stereocenters. The van der Waals surface area contributed by atoms with Crippen molar-refractivity contribution in [2.24, 2.45) is 0 Å². The predicted octanol–water partition coefficient (Wildman–Crippen LogP) is 7.60. The fourth-order valence-electron chi connectivity index (χ4n) is 5.67. The van der Waals surface area contributed by atoms with E-state index in [1.165, 1.54) is 0 Å². The van der Waals surface area contributed by atoms with E-state index < -0.39 is 0 Å². The van der Waals surface area contributed by atoms with Crippen molar-refractivity contribution >= 4 is 17.5 Å². The Morgan fingerprint density at radius 3 is 2.32 bits per heavy atom. The van der Waals surface area contributed by atoms with Gasteiger partial charge in [0, 0.05) is 16.9 Å². The van der Waals surface area contributed by atoms with Crippen molar-refractivity contribution in [3.05, 3.63) is 101 Å². The lowest BCUT2D eigenvalue weighted by Gasteiger charge is -2.32. The molecule has 1 aliphatic rings. The van der Waals surface area contributed by atoms with Crippen LogP contribution in [-0.2, 0) is 10.8 Å². The number of aryl methyl sites for hydroxylation is 1. The number of rotatable bonds is 5. The Balaban J connectivity index is 1.21. The highest BCUT2D eigenvalue weighted by Gasteiger charge is 2.30. The van der Waals surface area contributed by atoms with E-state index in [-0.39, 0.29) is 29.0 Å². The van der Waals surface area contributed by atoms with Crippen molar-refractivity contribution in [1.82, 2.24) is 29.7 Å². The number of pyridine rings is 1. The van der Waals surface area contributed by atoms with Crippen molar-refractivity contribution in [1.29, 1.82) is 0 Å². The maximum atomic E-state index is 13.5. The van der Waals surface area contributed by atoms with E-state index in [1.54, 1.807) is 4.68 Å². The van der Waals surface area contributed by atoms with Gasteiger partial charge in [0.15, 0.2) is 5.65 Å². The van der Waals surface area contributed by atoms with E-state index in [9.17, 15) is 4.79 Å². The molecular formula is C35H41N7O2. The summed E-state index contributed by atoms with van der Waals surface area (Å²) >= 11 is 0. The molecular weight excluding hydrogens is 550 g/mol. The number of fused-ring (bicyclic) bond motifs is 2. The van der Waals surface area contributed by atoms with E-state index in [0.717, 1.165) is 58.1 Å². The number of nitrogens with zero attached hydrogens (tertiary/aromatic N) is 5. The molecule has 0 aliphatic heterocycles. The van der Waals surface area contributed by atoms with Gasteiger partial charge in [-0.15, -0.1) is 10.2 Å².